The van der Waals surface area contributed by atoms with Gasteiger partial charge in [-0.05, 0) is 20.3 Å². The Labute approximate surface area is 88.6 Å². The van der Waals surface area contributed by atoms with E-state index in [1.807, 2.05) is 13.8 Å². The fourth-order valence-electron chi connectivity index (χ4n) is 1.04. The van der Waals surface area contributed by atoms with Crippen LogP contribution in [0.5, 0.6) is 0 Å². The summed E-state index contributed by atoms with van der Waals surface area (Å²) in [5, 5.41) is 10.1. The molecule has 84 valence electrons. The molecule has 1 amide bonds. The van der Waals surface area contributed by atoms with E-state index in [9.17, 15) is 4.79 Å². The minimum atomic E-state index is -0.372. The van der Waals surface area contributed by atoms with E-state index in [0.29, 0.717) is 6.54 Å². The van der Waals surface area contributed by atoms with Crippen molar-refractivity contribution in [3.8, 4) is 0 Å². The molecule has 1 N–H and O–H groups in total. The van der Waals surface area contributed by atoms with Gasteiger partial charge < -0.3 is 10.1 Å². The number of amides is 1. The molecule has 0 spiro atoms. The van der Waals surface area contributed by atoms with Gasteiger partial charge in [-0.2, -0.15) is 0 Å². The Morgan fingerprint density at radius 1 is 1.60 bits per heavy atom. The summed E-state index contributed by atoms with van der Waals surface area (Å²) in [5.41, 5.74) is 0. The summed E-state index contributed by atoms with van der Waals surface area (Å²) in [6.45, 7) is 4.94. The lowest BCUT2D eigenvalue weighted by Crippen LogP contribution is -2.28. The molecule has 6 nitrogen and oxygen atoms in total. The SMILES string of the molecule is CC(C)OC(=O)NCCCn1ccnn1. The van der Waals surface area contributed by atoms with Crippen molar-refractivity contribution in [1.82, 2.24) is 20.3 Å². The molecule has 1 aromatic heterocycles. The third-order valence-corrected chi connectivity index (χ3v) is 1.65. The van der Waals surface area contributed by atoms with Crippen molar-refractivity contribution in [1.29, 1.82) is 0 Å². The van der Waals surface area contributed by atoms with E-state index in [1.165, 1.54) is 0 Å². The lowest BCUT2D eigenvalue weighted by molar-refractivity contribution is 0.115. The molecule has 0 aliphatic carbocycles. The van der Waals surface area contributed by atoms with Crippen molar-refractivity contribution < 1.29 is 9.53 Å². The molecule has 0 radical (unpaired) electrons. The first-order valence-electron chi connectivity index (χ1n) is 4.97. The molecule has 6 heteroatoms. The molecular formula is C9H16N4O2. The van der Waals surface area contributed by atoms with E-state index in [0.717, 1.165) is 13.0 Å². The Bertz CT molecular complexity index is 284. The fraction of sp³-hybridized carbons (Fsp3) is 0.667. The van der Waals surface area contributed by atoms with Crippen LogP contribution in [0.1, 0.15) is 20.3 Å². The highest BCUT2D eigenvalue weighted by atomic mass is 16.6. The number of alkyl carbamates (subject to hydrolysis) is 1. The van der Waals surface area contributed by atoms with Crippen LogP contribution in [-0.2, 0) is 11.3 Å². The third kappa shape index (κ3) is 4.99. The normalized spacial score (nSPS) is 10.3. The molecule has 1 rings (SSSR count). The number of aryl methyl sites for hydroxylation is 1. The van der Waals surface area contributed by atoms with Gasteiger partial charge >= 0.3 is 6.09 Å². The molecule has 0 aliphatic heterocycles. The monoisotopic (exact) mass is 212 g/mol. The van der Waals surface area contributed by atoms with Crippen molar-refractivity contribution in [3.63, 3.8) is 0 Å². The zero-order valence-electron chi connectivity index (χ0n) is 9.01. The number of rotatable bonds is 5. The number of nitrogens with zero attached hydrogens (tertiary/aromatic N) is 3. The molecule has 0 unspecified atom stereocenters. The Kier molecular flexibility index (Phi) is 4.59. The maximum absolute atomic E-state index is 11.0. The standard InChI is InChI=1S/C9H16N4O2/c1-8(2)15-9(14)10-4-3-6-13-7-5-11-12-13/h5,7-8H,3-4,6H2,1-2H3,(H,10,14). The summed E-state index contributed by atoms with van der Waals surface area (Å²) in [6.07, 6.45) is 3.76. The second kappa shape index (κ2) is 6.00. The first-order chi connectivity index (χ1) is 7.18. The van der Waals surface area contributed by atoms with Gasteiger partial charge in [-0.25, -0.2) is 4.79 Å². The minimum Gasteiger partial charge on any atom is -0.447 e. The van der Waals surface area contributed by atoms with Gasteiger partial charge in [0.25, 0.3) is 0 Å². The Morgan fingerprint density at radius 3 is 3.00 bits per heavy atom. The zero-order valence-corrected chi connectivity index (χ0v) is 9.01. The van der Waals surface area contributed by atoms with Gasteiger partial charge in [0, 0.05) is 19.3 Å². The molecule has 0 saturated carbocycles. The number of nitrogens with one attached hydrogen (secondary N) is 1. The summed E-state index contributed by atoms with van der Waals surface area (Å²) in [6, 6.07) is 0. The van der Waals surface area contributed by atoms with E-state index in [1.54, 1.807) is 17.1 Å². The quantitative estimate of drug-likeness (QED) is 0.733. The molecule has 15 heavy (non-hydrogen) atoms. The van der Waals surface area contributed by atoms with Crippen LogP contribution in [0.2, 0.25) is 0 Å². The first kappa shape index (κ1) is 11.5. The van der Waals surface area contributed by atoms with Gasteiger partial charge in [0.15, 0.2) is 0 Å². The number of carbonyl (C=O) groups is 1. The van der Waals surface area contributed by atoms with Crippen LogP contribution in [0.3, 0.4) is 0 Å². The lowest BCUT2D eigenvalue weighted by Gasteiger charge is -2.08. The van der Waals surface area contributed by atoms with Crippen LogP contribution in [-0.4, -0.2) is 33.7 Å². The Balaban J connectivity index is 2.04. The van der Waals surface area contributed by atoms with Crippen molar-refractivity contribution >= 4 is 6.09 Å². The van der Waals surface area contributed by atoms with Gasteiger partial charge in [0.05, 0.1) is 12.3 Å². The maximum atomic E-state index is 11.0. The van der Waals surface area contributed by atoms with Crippen LogP contribution in [0.25, 0.3) is 0 Å². The largest absolute Gasteiger partial charge is 0.447 e. The highest BCUT2D eigenvalue weighted by Crippen LogP contribution is 1.89. The second-order valence-electron chi connectivity index (χ2n) is 3.40. The smallest absolute Gasteiger partial charge is 0.407 e. The molecule has 0 aliphatic rings. The molecule has 1 aromatic rings. The Hall–Kier alpha value is -1.59. The van der Waals surface area contributed by atoms with Crippen molar-refractivity contribution in [2.24, 2.45) is 0 Å². The predicted octanol–water partition coefficient (Wildman–Crippen LogP) is 0.803. The topological polar surface area (TPSA) is 69.0 Å². The molecule has 0 bridgehead atoms. The minimum absolute atomic E-state index is 0.0830. The molecule has 0 saturated heterocycles. The number of hydrogen-bond acceptors (Lipinski definition) is 4. The maximum Gasteiger partial charge on any atom is 0.407 e. The van der Waals surface area contributed by atoms with Crippen LogP contribution in [0.4, 0.5) is 4.79 Å². The average molecular weight is 212 g/mol. The highest BCUT2D eigenvalue weighted by molar-refractivity contribution is 5.67. The first-order valence-corrected chi connectivity index (χ1v) is 4.97. The summed E-state index contributed by atoms with van der Waals surface area (Å²) in [7, 11) is 0. The van der Waals surface area contributed by atoms with Crippen molar-refractivity contribution in [3.05, 3.63) is 12.4 Å². The zero-order chi connectivity index (χ0) is 11.1. The van der Waals surface area contributed by atoms with E-state index < -0.39 is 0 Å². The molecular weight excluding hydrogens is 196 g/mol. The van der Waals surface area contributed by atoms with Crippen LogP contribution < -0.4 is 5.32 Å². The van der Waals surface area contributed by atoms with Gasteiger partial charge in [-0.15, -0.1) is 5.10 Å². The van der Waals surface area contributed by atoms with Gasteiger partial charge in [0.2, 0.25) is 0 Å². The third-order valence-electron chi connectivity index (χ3n) is 1.65. The van der Waals surface area contributed by atoms with Gasteiger partial charge in [-0.1, -0.05) is 5.21 Å². The highest BCUT2D eigenvalue weighted by Gasteiger charge is 2.02. The number of carbonyl (C=O) groups excluding carboxylic acids is 1. The summed E-state index contributed by atoms with van der Waals surface area (Å²) in [4.78, 5) is 11.0. The van der Waals surface area contributed by atoms with Crippen LogP contribution in [0, 0.1) is 0 Å². The van der Waals surface area contributed by atoms with E-state index in [-0.39, 0.29) is 12.2 Å². The number of ether oxygens (including phenoxy) is 1. The van der Waals surface area contributed by atoms with E-state index in [4.69, 9.17) is 4.74 Å². The summed E-state index contributed by atoms with van der Waals surface area (Å²) in [5.74, 6) is 0. The number of aromatic nitrogens is 3. The molecule has 0 fully saturated rings. The van der Waals surface area contributed by atoms with Crippen molar-refractivity contribution in [2.75, 3.05) is 6.54 Å². The summed E-state index contributed by atoms with van der Waals surface area (Å²) < 4.78 is 6.62. The van der Waals surface area contributed by atoms with Crippen molar-refractivity contribution in [2.45, 2.75) is 32.9 Å². The van der Waals surface area contributed by atoms with E-state index >= 15 is 0 Å². The molecule has 0 atom stereocenters. The molecule has 0 aromatic carbocycles. The molecule has 1 heterocycles. The van der Waals surface area contributed by atoms with Crippen LogP contribution in [0.15, 0.2) is 12.4 Å². The lowest BCUT2D eigenvalue weighted by atomic mass is 10.4. The van der Waals surface area contributed by atoms with Gasteiger partial charge in [-0.3, -0.25) is 4.68 Å². The fourth-order valence-corrected chi connectivity index (χ4v) is 1.04. The number of hydrogen-bond donors (Lipinski definition) is 1. The average Bonchev–Trinajstić information content (AvgIpc) is 2.63. The Morgan fingerprint density at radius 2 is 2.40 bits per heavy atom. The van der Waals surface area contributed by atoms with Crippen LogP contribution >= 0.6 is 0 Å². The summed E-state index contributed by atoms with van der Waals surface area (Å²) >= 11 is 0. The predicted molar refractivity (Wildman–Crippen MR) is 54.3 cm³/mol. The van der Waals surface area contributed by atoms with E-state index in [2.05, 4.69) is 15.6 Å². The van der Waals surface area contributed by atoms with Gasteiger partial charge in [0.1, 0.15) is 0 Å². The second-order valence-corrected chi connectivity index (χ2v) is 3.40.